The molecule has 3 rings (SSSR count). The van der Waals surface area contributed by atoms with Crippen molar-refractivity contribution in [1.29, 1.82) is 0 Å². The number of methoxy groups -OCH3 is 2. The second-order valence-corrected chi connectivity index (χ2v) is 8.85. The lowest BCUT2D eigenvalue weighted by molar-refractivity contribution is 0.0549. The minimum Gasteiger partial charge on any atom is -0.465 e. The molecule has 1 aromatic heterocycles. The van der Waals surface area contributed by atoms with E-state index in [2.05, 4.69) is 9.82 Å². The predicted molar refractivity (Wildman–Crippen MR) is 119 cm³/mol. The van der Waals surface area contributed by atoms with Gasteiger partial charge in [-0.15, -0.1) is 0 Å². The molecule has 0 saturated carbocycles. The Morgan fingerprint density at radius 1 is 1.03 bits per heavy atom. The molecule has 2 aromatic carbocycles. The number of benzene rings is 2. The molecule has 0 fully saturated rings. The number of hydrogen-bond acceptors (Lipinski definition) is 7. The standard InChI is InChI=1S/C22H21F2N3O6S/c1-4-12-34(30,31)26-15-11-10-14(23)16(18(15)24)19-17(21(28)32-2)20(22(29)33-3)27(25-19)13-8-6-5-7-9-13/h5-11,26H,4,12H2,1-3H3. The Morgan fingerprint density at radius 2 is 1.68 bits per heavy atom. The van der Waals surface area contributed by atoms with Crippen LogP contribution in [0.4, 0.5) is 14.5 Å². The van der Waals surface area contributed by atoms with E-state index in [0.29, 0.717) is 5.69 Å². The SMILES string of the molecule is CCCS(=O)(=O)Nc1ccc(F)c(-c2nn(-c3ccccc3)c(C(=O)OC)c2C(=O)OC)c1F. The molecule has 0 aliphatic heterocycles. The molecule has 0 amide bonds. The van der Waals surface area contributed by atoms with Gasteiger partial charge in [-0.05, 0) is 30.7 Å². The average molecular weight is 493 g/mol. The number of nitrogens with one attached hydrogen (secondary N) is 1. The summed E-state index contributed by atoms with van der Waals surface area (Å²) in [7, 11) is -1.83. The number of rotatable bonds is 8. The normalized spacial score (nSPS) is 11.2. The van der Waals surface area contributed by atoms with Crippen molar-refractivity contribution in [2.45, 2.75) is 13.3 Å². The van der Waals surface area contributed by atoms with Crippen LogP contribution in [0.5, 0.6) is 0 Å². The summed E-state index contributed by atoms with van der Waals surface area (Å²) in [6.07, 6.45) is 0.265. The van der Waals surface area contributed by atoms with Crippen LogP contribution in [0.1, 0.15) is 34.2 Å². The van der Waals surface area contributed by atoms with Crippen LogP contribution in [0.2, 0.25) is 0 Å². The second-order valence-electron chi connectivity index (χ2n) is 7.01. The summed E-state index contributed by atoms with van der Waals surface area (Å²) in [6, 6.07) is 9.77. The van der Waals surface area contributed by atoms with Gasteiger partial charge in [0.25, 0.3) is 0 Å². The van der Waals surface area contributed by atoms with Gasteiger partial charge in [-0.2, -0.15) is 5.10 Å². The highest BCUT2D eigenvalue weighted by molar-refractivity contribution is 7.92. The highest BCUT2D eigenvalue weighted by atomic mass is 32.2. The van der Waals surface area contributed by atoms with Crippen molar-refractivity contribution in [3.63, 3.8) is 0 Å². The molecule has 0 aliphatic rings. The van der Waals surface area contributed by atoms with Crippen molar-refractivity contribution in [3.8, 4) is 16.9 Å². The fraction of sp³-hybridized carbons (Fsp3) is 0.227. The summed E-state index contributed by atoms with van der Waals surface area (Å²) < 4.78 is 67.3. The number of para-hydroxylation sites is 1. The highest BCUT2D eigenvalue weighted by Gasteiger charge is 2.34. The minimum absolute atomic E-state index is 0.265. The van der Waals surface area contributed by atoms with E-state index >= 15 is 4.39 Å². The van der Waals surface area contributed by atoms with Gasteiger partial charge in [0.2, 0.25) is 10.0 Å². The molecule has 1 N–H and O–H groups in total. The summed E-state index contributed by atoms with van der Waals surface area (Å²) in [4.78, 5) is 25.3. The minimum atomic E-state index is -3.92. The zero-order chi connectivity index (χ0) is 25.0. The lowest BCUT2D eigenvalue weighted by atomic mass is 10.0. The van der Waals surface area contributed by atoms with E-state index in [1.165, 1.54) is 0 Å². The molecule has 180 valence electrons. The van der Waals surface area contributed by atoms with Crippen LogP contribution in [0.25, 0.3) is 16.9 Å². The van der Waals surface area contributed by atoms with Gasteiger partial charge >= 0.3 is 11.9 Å². The van der Waals surface area contributed by atoms with Gasteiger partial charge in [0.15, 0.2) is 11.5 Å². The Balaban J connectivity index is 2.36. The zero-order valence-corrected chi connectivity index (χ0v) is 19.3. The van der Waals surface area contributed by atoms with Crippen LogP contribution in [-0.2, 0) is 19.5 Å². The molecule has 0 bridgehead atoms. The predicted octanol–water partition coefficient (Wildman–Crippen LogP) is 3.54. The maximum Gasteiger partial charge on any atom is 0.357 e. The molecule has 0 unspecified atom stereocenters. The van der Waals surface area contributed by atoms with Crippen molar-refractivity contribution < 1.29 is 36.3 Å². The number of halogens is 2. The molecule has 0 spiro atoms. The van der Waals surface area contributed by atoms with Gasteiger partial charge in [0.05, 0.1) is 36.9 Å². The van der Waals surface area contributed by atoms with Crippen LogP contribution in [0, 0.1) is 11.6 Å². The number of nitrogens with zero attached hydrogens (tertiary/aromatic N) is 2. The first-order valence-corrected chi connectivity index (χ1v) is 11.6. The van der Waals surface area contributed by atoms with E-state index in [1.807, 2.05) is 0 Å². The molecular weight excluding hydrogens is 472 g/mol. The van der Waals surface area contributed by atoms with Gasteiger partial charge < -0.3 is 9.47 Å². The summed E-state index contributed by atoms with van der Waals surface area (Å²) in [6.45, 7) is 1.62. The van der Waals surface area contributed by atoms with Gasteiger partial charge in [-0.25, -0.2) is 31.5 Å². The van der Waals surface area contributed by atoms with Crippen molar-refractivity contribution in [2.75, 3.05) is 24.7 Å². The largest absolute Gasteiger partial charge is 0.465 e. The lowest BCUT2D eigenvalue weighted by Crippen LogP contribution is -2.17. The van der Waals surface area contributed by atoms with Crippen molar-refractivity contribution in [2.24, 2.45) is 0 Å². The number of aromatic nitrogens is 2. The number of sulfonamides is 1. The topological polar surface area (TPSA) is 117 Å². The van der Waals surface area contributed by atoms with Gasteiger partial charge in [0.1, 0.15) is 17.1 Å². The molecule has 3 aromatic rings. The highest BCUT2D eigenvalue weighted by Crippen LogP contribution is 2.35. The van der Waals surface area contributed by atoms with Crippen LogP contribution in [0.15, 0.2) is 42.5 Å². The second kappa shape index (κ2) is 10.00. The summed E-state index contributed by atoms with van der Waals surface area (Å²) in [5.74, 6) is -4.87. The quantitative estimate of drug-likeness (QED) is 0.477. The Labute approximate surface area is 194 Å². The molecule has 9 nitrogen and oxygen atoms in total. The van der Waals surface area contributed by atoms with Crippen molar-refractivity contribution in [1.82, 2.24) is 9.78 Å². The molecule has 0 aliphatic carbocycles. The number of ether oxygens (including phenoxy) is 2. The zero-order valence-electron chi connectivity index (χ0n) is 18.5. The fourth-order valence-electron chi connectivity index (χ4n) is 3.27. The van der Waals surface area contributed by atoms with E-state index in [0.717, 1.165) is 31.0 Å². The monoisotopic (exact) mass is 493 g/mol. The van der Waals surface area contributed by atoms with Crippen molar-refractivity contribution >= 4 is 27.6 Å². The number of carbonyl (C=O) groups excluding carboxylic acids is 2. The molecular formula is C22H21F2N3O6S. The molecule has 0 atom stereocenters. The van der Waals surface area contributed by atoms with Gasteiger partial charge in [-0.3, -0.25) is 4.72 Å². The summed E-state index contributed by atoms with van der Waals surface area (Å²) >= 11 is 0. The molecule has 1 heterocycles. The maximum atomic E-state index is 15.5. The number of hydrogen-bond donors (Lipinski definition) is 1. The van der Waals surface area contributed by atoms with Crippen molar-refractivity contribution in [3.05, 3.63) is 65.4 Å². The first-order chi connectivity index (χ1) is 16.1. The fourth-order valence-corrected chi connectivity index (χ4v) is 4.40. The van der Waals surface area contributed by atoms with E-state index in [-0.39, 0.29) is 12.2 Å². The van der Waals surface area contributed by atoms with E-state index in [9.17, 15) is 22.4 Å². The Morgan fingerprint density at radius 3 is 2.26 bits per heavy atom. The Bertz CT molecular complexity index is 1340. The van der Waals surface area contributed by atoms with E-state index < -0.39 is 61.8 Å². The van der Waals surface area contributed by atoms with Crippen LogP contribution in [0.3, 0.4) is 0 Å². The van der Waals surface area contributed by atoms with Gasteiger partial charge in [-0.1, -0.05) is 25.1 Å². The molecule has 34 heavy (non-hydrogen) atoms. The Hall–Kier alpha value is -3.80. The van der Waals surface area contributed by atoms with E-state index in [4.69, 9.17) is 9.47 Å². The third-order valence-corrected chi connectivity index (χ3v) is 6.20. The average Bonchev–Trinajstić information content (AvgIpc) is 3.20. The number of esters is 2. The summed E-state index contributed by atoms with van der Waals surface area (Å²) in [5.41, 5.74) is -2.62. The van der Waals surface area contributed by atoms with E-state index in [1.54, 1.807) is 37.3 Å². The molecule has 0 radical (unpaired) electrons. The smallest absolute Gasteiger partial charge is 0.357 e. The van der Waals surface area contributed by atoms with Crippen LogP contribution in [-0.4, -0.2) is 50.1 Å². The van der Waals surface area contributed by atoms with Crippen LogP contribution >= 0.6 is 0 Å². The number of anilines is 1. The Kier molecular flexibility index (Phi) is 7.30. The lowest BCUT2D eigenvalue weighted by Gasteiger charge is -2.11. The first kappa shape index (κ1) is 24.8. The van der Waals surface area contributed by atoms with Gasteiger partial charge in [0, 0.05) is 0 Å². The third kappa shape index (κ3) is 4.76. The molecule has 12 heteroatoms. The number of carbonyl (C=O) groups is 2. The van der Waals surface area contributed by atoms with Crippen LogP contribution < -0.4 is 4.72 Å². The summed E-state index contributed by atoms with van der Waals surface area (Å²) in [5, 5.41) is 4.14. The first-order valence-electron chi connectivity index (χ1n) is 9.99. The maximum absolute atomic E-state index is 15.5. The third-order valence-electron chi connectivity index (χ3n) is 4.72. The molecule has 0 saturated heterocycles.